The molecular weight excluding hydrogens is 464 g/mol. The zero-order chi connectivity index (χ0) is 23.6. The predicted molar refractivity (Wildman–Crippen MR) is 124 cm³/mol. The number of nitrogens with zero attached hydrogens (tertiary/aromatic N) is 2. The van der Waals surface area contributed by atoms with Crippen molar-refractivity contribution in [2.75, 3.05) is 33.9 Å². The van der Waals surface area contributed by atoms with E-state index in [1.807, 2.05) is 0 Å². The summed E-state index contributed by atoms with van der Waals surface area (Å²) in [6, 6.07) is 7.01. The first-order valence-electron chi connectivity index (χ1n) is 11.0. The Kier molecular flexibility index (Phi) is 7.06. The van der Waals surface area contributed by atoms with Crippen LogP contribution < -0.4 is 4.74 Å². The second-order valence-electron chi connectivity index (χ2n) is 8.15. The lowest BCUT2D eigenvalue weighted by Gasteiger charge is -2.27. The number of thiophene rings is 1. The highest BCUT2D eigenvalue weighted by molar-refractivity contribution is 7.91. The third kappa shape index (κ3) is 4.51. The molecule has 0 aliphatic carbocycles. The molecule has 1 fully saturated rings. The van der Waals surface area contributed by atoms with Gasteiger partial charge in [0, 0.05) is 24.5 Å². The molecule has 1 amide bonds. The fourth-order valence-corrected chi connectivity index (χ4v) is 7.99. The van der Waals surface area contributed by atoms with Crippen LogP contribution in [-0.2, 0) is 27.7 Å². The molecule has 10 heteroatoms. The van der Waals surface area contributed by atoms with E-state index in [9.17, 15) is 18.0 Å². The molecule has 0 atom stereocenters. The monoisotopic (exact) mass is 492 g/mol. The molecule has 0 N–H and O–H groups in total. The van der Waals surface area contributed by atoms with Gasteiger partial charge in [0.15, 0.2) is 0 Å². The van der Waals surface area contributed by atoms with Gasteiger partial charge in [0.1, 0.15) is 9.96 Å². The number of sulfonamides is 1. The van der Waals surface area contributed by atoms with Gasteiger partial charge in [-0.15, -0.1) is 11.3 Å². The van der Waals surface area contributed by atoms with E-state index in [1.54, 1.807) is 29.2 Å². The number of benzene rings is 1. The third-order valence-corrected chi connectivity index (χ3v) is 9.79. The Morgan fingerprint density at radius 2 is 1.70 bits per heavy atom. The van der Waals surface area contributed by atoms with Crippen LogP contribution in [0, 0.1) is 0 Å². The number of hydrogen-bond donors (Lipinski definition) is 0. The van der Waals surface area contributed by atoms with Gasteiger partial charge >= 0.3 is 5.97 Å². The fraction of sp³-hybridized carbons (Fsp3) is 0.478. The minimum atomic E-state index is -3.84. The molecule has 3 heterocycles. The summed E-state index contributed by atoms with van der Waals surface area (Å²) in [5.41, 5.74) is 1.25. The molecule has 2 aromatic rings. The molecule has 33 heavy (non-hydrogen) atoms. The van der Waals surface area contributed by atoms with E-state index in [-0.39, 0.29) is 22.2 Å². The van der Waals surface area contributed by atoms with Gasteiger partial charge in [0.2, 0.25) is 0 Å². The number of amides is 1. The highest BCUT2D eigenvalue weighted by Gasteiger charge is 2.38. The average Bonchev–Trinajstić information content (AvgIpc) is 3.01. The molecule has 0 bridgehead atoms. The van der Waals surface area contributed by atoms with Crippen molar-refractivity contribution in [1.82, 2.24) is 9.21 Å². The maximum absolute atomic E-state index is 13.6. The number of carbonyl (C=O) groups excluding carboxylic acids is 2. The van der Waals surface area contributed by atoms with Crippen molar-refractivity contribution in [2.45, 2.75) is 42.9 Å². The van der Waals surface area contributed by atoms with Crippen molar-refractivity contribution < 1.29 is 27.5 Å². The molecule has 1 aromatic carbocycles. The number of esters is 1. The first-order valence-corrected chi connectivity index (χ1v) is 13.3. The van der Waals surface area contributed by atoms with E-state index in [2.05, 4.69) is 0 Å². The standard InChI is InChI=1S/C23H28N2O6S2/c1-30-18-10-6-5-9-16(18)21(26)24-14-11-17-19(15-24)32-23(20(17)22(27)31-2)33(28,29)25-12-7-3-4-8-13-25/h5-6,9-10H,3-4,7-8,11-15H2,1-2H3. The van der Waals surface area contributed by atoms with Gasteiger partial charge in [0.25, 0.3) is 15.9 Å². The molecule has 0 unspecified atom stereocenters. The van der Waals surface area contributed by atoms with Crippen molar-refractivity contribution >= 4 is 33.2 Å². The van der Waals surface area contributed by atoms with Crippen LogP contribution in [0.4, 0.5) is 0 Å². The van der Waals surface area contributed by atoms with Crippen molar-refractivity contribution in [3.63, 3.8) is 0 Å². The minimum absolute atomic E-state index is 0.0350. The number of carbonyl (C=O) groups is 2. The summed E-state index contributed by atoms with van der Waals surface area (Å²) >= 11 is 1.08. The largest absolute Gasteiger partial charge is 0.496 e. The summed E-state index contributed by atoms with van der Waals surface area (Å²) < 4.78 is 38.9. The van der Waals surface area contributed by atoms with E-state index >= 15 is 0 Å². The van der Waals surface area contributed by atoms with Gasteiger partial charge in [0.05, 0.1) is 31.9 Å². The highest BCUT2D eigenvalue weighted by Crippen LogP contribution is 2.39. The van der Waals surface area contributed by atoms with E-state index in [0.717, 1.165) is 37.0 Å². The SMILES string of the molecule is COC(=O)c1c(S(=O)(=O)N2CCCCCC2)sc2c1CCN(C(=O)c1ccccc1OC)C2. The van der Waals surface area contributed by atoms with Gasteiger partial charge in [-0.2, -0.15) is 4.31 Å². The molecule has 0 spiro atoms. The van der Waals surface area contributed by atoms with Crippen LogP contribution >= 0.6 is 11.3 Å². The van der Waals surface area contributed by atoms with E-state index in [1.165, 1.54) is 18.5 Å². The average molecular weight is 493 g/mol. The molecule has 4 rings (SSSR count). The van der Waals surface area contributed by atoms with E-state index in [4.69, 9.17) is 9.47 Å². The molecule has 178 valence electrons. The molecule has 1 aromatic heterocycles. The molecule has 8 nitrogen and oxygen atoms in total. The van der Waals surface area contributed by atoms with Gasteiger partial charge in [-0.3, -0.25) is 4.79 Å². The lowest BCUT2D eigenvalue weighted by molar-refractivity contribution is 0.0595. The Labute approximate surface area is 198 Å². The van der Waals surface area contributed by atoms with Crippen LogP contribution in [0.1, 0.15) is 56.8 Å². The Morgan fingerprint density at radius 3 is 2.36 bits per heavy atom. The second kappa shape index (κ2) is 9.82. The number of rotatable bonds is 5. The quantitative estimate of drug-likeness (QED) is 0.595. The summed E-state index contributed by atoms with van der Waals surface area (Å²) in [6.45, 7) is 1.50. The molecule has 2 aliphatic rings. The van der Waals surface area contributed by atoms with Gasteiger partial charge in [-0.05, 0) is 37.0 Å². The van der Waals surface area contributed by atoms with E-state index < -0.39 is 16.0 Å². The normalized spacial score (nSPS) is 17.2. The predicted octanol–water partition coefficient (Wildman–Crippen LogP) is 3.31. The first-order chi connectivity index (χ1) is 15.9. The molecule has 1 saturated heterocycles. The summed E-state index contributed by atoms with van der Waals surface area (Å²) in [4.78, 5) is 28.2. The maximum atomic E-state index is 13.6. The summed E-state index contributed by atoms with van der Waals surface area (Å²) in [7, 11) is -1.06. The highest BCUT2D eigenvalue weighted by atomic mass is 32.2. The maximum Gasteiger partial charge on any atom is 0.340 e. The van der Waals surface area contributed by atoms with E-state index in [0.29, 0.717) is 47.8 Å². The molecular formula is C23H28N2O6S2. The van der Waals surface area contributed by atoms with Crippen LogP contribution in [0.2, 0.25) is 0 Å². The van der Waals surface area contributed by atoms with Gasteiger partial charge in [-0.1, -0.05) is 25.0 Å². The summed E-state index contributed by atoms with van der Waals surface area (Å²) in [6.07, 6.45) is 3.98. The number of para-hydroxylation sites is 1. The van der Waals surface area contributed by atoms with Crippen molar-refractivity contribution in [1.29, 1.82) is 0 Å². The van der Waals surface area contributed by atoms with Crippen molar-refractivity contribution in [2.24, 2.45) is 0 Å². The van der Waals surface area contributed by atoms with Crippen LogP contribution in [0.5, 0.6) is 5.75 Å². The number of methoxy groups -OCH3 is 2. The fourth-order valence-electron chi connectivity index (χ4n) is 4.43. The molecule has 0 saturated carbocycles. The lowest BCUT2D eigenvalue weighted by Crippen LogP contribution is -2.36. The summed E-state index contributed by atoms with van der Waals surface area (Å²) in [5.74, 6) is -0.354. The van der Waals surface area contributed by atoms with Crippen LogP contribution in [-0.4, -0.2) is 63.4 Å². The van der Waals surface area contributed by atoms with Crippen LogP contribution in [0.3, 0.4) is 0 Å². The lowest BCUT2D eigenvalue weighted by atomic mass is 10.0. The second-order valence-corrected chi connectivity index (χ2v) is 11.4. The van der Waals surface area contributed by atoms with Crippen molar-refractivity contribution in [3.8, 4) is 5.75 Å². The molecule has 0 radical (unpaired) electrons. The zero-order valence-electron chi connectivity index (χ0n) is 18.8. The van der Waals surface area contributed by atoms with Crippen molar-refractivity contribution in [3.05, 3.63) is 45.8 Å². The van der Waals surface area contributed by atoms with Crippen LogP contribution in [0.25, 0.3) is 0 Å². The zero-order valence-corrected chi connectivity index (χ0v) is 20.5. The minimum Gasteiger partial charge on any atom is -0.496 e. The smallest absolute Gasteiger partial charge is 0.340 e. The van der Waals surface area contributed by atoms with Gasteiger partial charge in [-0.25, -0.2) is 13.2 Å². The third-order valence-electron chi connectivity index (χ3n) is 6.18. The topological polar surface area (TPSA) is 93.2 Å². The van der Waals surface area contributed by atoms with Crippen LogP contribution in [0.15, 0.2) is 28.5 Å². The Balaban J connectivity index is 1.70. The number of fused-ring (bicyclic) bond motifs is 1. The number of hydrogen-bond acceptors (Lipinski definition) is 7. The Bertz CT molecular complexity index is 1150. The Hall–Kier alpha value is -2.43. The van der Waals surface area contributed by atoms with Gasteiger partial charge < -0.3 is 14.4 Å². The first kappa shape index (κ1) is 23.7. The number of ether oxygens (including phenoxy) is 2. The Morgan fingerprint density at radius 1 is 1.00 bits per heavy atom. The summed E-state index contributed by atoms with van der Waals surface area (Å²) in [5, 5.41) is 0. The molecule has 2 aliphatic heterocycles.